The molecule has 1 aromatic carbocycles. The van der Waals surface area contributed by atoms with Crippen LogP contribution in [0.4, 0.5) is 0 Å². The zero-order chi connectivity index (χ0) is 16.6. The van der Waals surface area contributed by atoms with E-state index in [1.54, 1.807) is 18.2 Å². The van der Waals surface area contributed by atoms with Gasteiger partial charge in [0.15, 0.2) is 0 Å². The number of amides is 3. The topological polar surface area (TPSA) is 78.5 Å². The van der Waals surface area contributed by atoms with Crippen LogP contribution in [0, 0.1) is 12.8 Å². The second kappa shape index (κ2) is 6.12. The molecule has 2 aliphatic rings. The molecule has 2 unspecified atom stereocenters. The summed E-state index contributed by atoms with van der Waals surface area (Å²) in [5.41, 5.74) is 1.68. The minimum Gasteiger partial charge on any atom is -0.351 e. The van der Waals surface area contributed by atoms with Crippen molar-refractivity contribution < 1.29 is 14.4 Å². The second-order valence-electron chi connectivity index (χ2n) is 6.39. The first-order valence-electron chi connectivity index (χ1n) is 7.94. The molecule has 0 aromatic heterocycles. The van der Waals surface area contributed by atoms with Crippen LogP contribution in [0.3, 0.4) is 0 Å². The van der Waals surface area contributed by atoms with Gasteiger partial charge in [0.05, 0.1) is 11.1 Å². The van der Waals surface area contributed by atoms with Gasteiger partial charge < -0.3 is 10.6 Å². The Labute approximate surface area is 135 Å². The minimum absolute atomic E-state index is 0.0844. The number of benzene rings is 1. The van der Waals surface area contributed by atoms with Crippen LogP contribution in [0.25, 0.3) is 0 Å². The standard InChI is InChI=1S/C17H21N3O3/c1-10-3-4-12-13(7-10)17(23)20(16(12)22)9-15(21)19-14-5-6-18-8-11(14)2/h3-4,7,11,14,18H,5-6,8-9H2,1-2H3,(H,19,21). The van der Waals surface area contributed by atoms with Crippen LogP contribution in [-0.4, -0.2) is 48.3 Å². The molecule has 0 saturated carbocycles. The van der Waals surface area contributed by atoms with Gasteiger partial charge in [-0.25, -0.2) is 0 Å². The van der Waals surface area contributed by atoms with E-state index in [2.05, 4.69) is 17.6 Å². The maximum atomic E-state index is 12.4. The molecule has 0 aliphatic carbocycles. The molecule has 0 bridgehead atoms. The SMILES string of the molecule is Cc1ccc2c(c1)C(=O)N(CC(=O)NC1CCNCC1C)C2=O. The van der Waals surface area contributed by atoms with Gasteiger partial charge in [-0.3, -0.25) is 19.3 Å². The first kappa shape index (κ1) is 15.7. The lowest BCUT2D eigenvalue weighted by Gasteiger charge is -2.30. The van der Waals surface area contributed by atoms with Crippen molar-refractivity contribution in [3.05, 3.63) is 34.9 Å². The predicted molar refractivity (Wildman–Crippen MR) is 85.1 cm³/mol. The van der Waals surface area contributed by atoms with Crippen LogP contribution in [0.5, 0.6) is 0 Å². The van der Waals surface area contributed by atoms with Crippen LogP contribution in [0.15, 0.2) is 18.2 Å². The maximum absolute atomic E-state index is 12.4. The first-order chi connectivity index (χ1) is 11.0. The van der Waals surface area contributed by atoms with Crippen molar-refractivity contribution in [1.29, 1.82) is 0 Å². The van der Waals surface area contributed by atoms with Gasteiger partial charge in [0.2, 0.25) is 5.91 Å². The van der Waals surface area contributed by atoms with Crippen LogP contribution < -0.4 is 10.6 Å². The Balaban J connectivity index is 1.68. The maximum Gasteiger partial charge on any atom is 0.262 e. The third kappa shape index (κ3) is 2.99. The zero-order valence-electron chi connectivity index (χ0n) is 13.4. The fraction of sp³-hybridized carbons (Fsp3) is 0.471. The van der Waals surface area contributed by atoms with E-state index in [1.807, 2.05) is 6.92 Å². The summed E-state index contributed by atoms with van der Waals surface area (Å²) in [4.78, 5) is 38.0. The van der Waals surface area contributed by atoms with Gasteiger partial charge in [-0.15, -0.1) is 0 Å². The molecular weight excluding hydrogens is 294 g/mol. The van der Waals surface area contributed by atoms with Gasteiger partial charge >= 0.3 is 0 Å². The number of aryl methyl sites for hydroxylation is 1. The van der Waals surface area contributed by atoms with Crippen molar-refractivity contribution in [2.75, 3.05) is 19.6 Å². The van der Waals surface area contributed by atoms with Crippen molar-refractivity contribution in [2.24, 2.45) is 5.92 Å². The number of nitrogens with zero attached hydrogens (tertiary/aromatic N) is 1. The predicted octanol–water partition coefficient (Wildman–Crippen LogP) is 0.705. The van der Waals surface area contributed by atoms with E-state index in [9.17, 15) is 14.4 Å². The summed E-state index contributed by atoms with van der Waals surface area (Å²) in [5, 5.41) is 6.22. The van der Waals surface area contributed by atoms with E-state index in [0.29, 0.717) is 17.0 Å². The number of carbonyl (C=O) groups is 3. The lowest BCUT2D eigenvalue weighted by atomic mass is 9.95. The molecular formula is C17H21N3O3. The Kier molecular flexibility index (Phi) is 4.17. The summed E-state index contributed by atoms with van der Waals surface area (Å²) in [7, 11) is 0. The van der Waals surface area contributed by atoms with E-state index in [1.165, 1.54) is 0 Å². The molecule has 23 heavy (non-hydrogen) atoms. The molecule has 6 nitrogen and oxygen atoms in total. The fourth-order valence-corrected chi connectivity index (χ4v) is 3.17. The van der Waals surface area contributed by atoms with E-state index < -0.39 is 5.91 Å². The van der Waals surface area contributed by atoms with Crippen molar-refractivity contribution >= 4 is 17.7 Å². The molecule has 1 saturated heterocycles. The average Bonchev–Trinajstić information content (AvgIpc) is 2.74. The van der Waals surface area contributed by atoms with Gasteiger partial charge in [-0.05, 0) is 44.5 Å². The lowest BCUT2D eigenvalue weighted by molar-refractivity contribution is -0.122. The van der Waals surface area contributed by atoms with Gasteiger partial charge in [-0.1, -0.05) is 18.6 Å². The molecule has 2 aliphatic heterocycles. The third-order valence-corrected chi connectivity index (χ3v) is 4.56. The smallest absolute Gasteiger partial charge is 0.262 e. The van der Waals surface area contributed by atoms with E-state index in [4.69, 9.17) is 0 Å². The normalized spacial score (nSPS) is 23.8. The highest BCUT2D eigenvalue weighted by molar-refractivity contribution is 6.22. The number of rotatable bonds is 3. The van der Waals surface area contributed by atoms with Crippen molar-refractivity contribution in [3.8, 4) is 0 Å². The fourth-order valence-electron chi connectivity index (χ4n) is 3.17. The van der Waals surface area contributed by atoms with Crippen LogP contribution in [0.2, 0.25) is 0 Å². The van der Waals surface area contributed by atoms with Crippen LogP contribution in [-0.2, 0) is 4.79 Å². The summed E-state index contributed by atoms with van der Waals surface area (Å²) < 4.78 is 0. The molecule has 0 radical (unpaired) electrons. The van der Waals surface area contributed by atoms with Crippen LogP contribution >= 0.6 is 0 Å². The van der Waals surface area contributed by atoms with E-state index >= 15 is 0 Å². The highest BCUT2D eigenvalue weighted by Gasteiger charge is 2.37. The summed E-state index contributed by atoms with van der Waals surface area (Å²) in [6, 6.07) is 5.23. The van der Waals surface area contributed by atoms with Gasteiger partial charge in [0, 0.05) is 6.04 Å². The molecule has 122 valence electrons. The number of piperidine rings is 1. The monoisotopic (exact) mass is 315 g/mol. The Morgan fingerprint density at radius 2 is 2.04 bits per heavy atom. The molecule has 2 N–H and O–H groups in total. The Morgan fingerprint density at radius 1 is 1.30 bits per heavy atom. The van der Waals surface area contributed by atoms with Crippen molar-refractivity contribution in [2.45, 2.75) is 26.3 Å². The Hall–Kier alpha value is -2.21. The molecule has 0 spiro atoms. The first-order valence-corrected chi connectivity index (χ1v) is 7.94. The molecule has 3 rings (SSSR count). The molecule has 3 amide bonds. The molecule has 2 heterocycles. The third-order valence-electron chi connectivity index (χ3n) is 4.56. The largest absolute Gasteiger partial charge is 0.351 e. The van der Waals surface area contributed by atoms with Gasteiger partial charge in [0.1, 0.15) is 6.54 Å². The zero-order valence-corrected chi connectivity index (χ0v) is 13.4. The number of hydrogen-bond acceptors (Lipinski definition) is 4. The van der Waals surface area contributed by atoms with E-state index in [-0.39, 0.29) is 24.4 Å². The number of carbonyl (C=O) groups excluding carboxylic acids is 3. The number of imide groups is 1. The molecule has 1 aromatic rings. The lowest BCUT2D eigenvalue weighted by Crippen LogP contribution is -2.51. The molecule has 2 atom stereocenters. The van der Waals surface area contributed by atoms with Crippen molar-refractivity contribution in [1.82, 2.24) is 15.5 Å². The van der Waals surface area contributed by atoms with Crippen LogP contribution in [0.1, 0.15) is 39.6 Å². The summed E-state index contributed by atoms with van der Waals surface area (Å²) >= 11 is 0. The van der Waals surface area contributed by atoms with Gasteiger partial charge in [0.25, 0.3) is 11.8 Å². The Bertz CT molecular complexity index is 671. The summed E-state index contributed by atoms with van der Waals surface area (Å²) in [5.74, 6) is -0.728. The minimum atomic E-state index is -0.390. The number of fused-ring (bicyclic) bond motifs is 1. The Morgan fingerprint density at radius 3 is 2.78 bits per heavy atom. The quantitative estimate of drug-likeness (QED) is 0.805. The van der Waals surface area contributed by atoms with Crippen molar-refractivity contribution in [3.63, 3.8) is 0 Å². The summed E-state index contributed by atoms with van der Waals surface area (Å²) in [6.45, 7) is 5.44. The highest BCUT2D eigenvalue weighted by atomic mass is 16.2. The second-order valence-corrected chi connectivity index (χ2v) is 6.39. The number of hydrogen-bond donors (Lipinski definition) is 2. The summed E-state index contributed by atoms with van der Waals surface area (Å²) in [6.07, 6.45) is 0.855. The van der Waals surface area contributed by atoms with Gasteiger partial charge in [-0.2, -0.15) is 0 Å². The molecule has 1 fully saturated rings. The number of nitrogens with one attached hydrogen (secondary N) is 2. The van der Waals surface area contributed by atoms with E-state index in [0.717, 1.165) is 30.0 Å². The highest BCUT2D eigenvalue weighted by Crippen LogP contribution is 2.23. The molecule has 6 heteroatoms. The average molecular weight is 315 g/mol.